The van der Waals surface area contributed by atoms with E-state index in [1.807, 2.05) is 0 Å². The van der Waals surface area contributed by atoms with Gasteiger partial charge in [0.1, 0.15) is 0 Å². The van der Waals surface area contributed by atoms with Crippen LogP contribution < -0.4 is 0 Å². The molecule has 0 heterocycles. The summed E-state index contributed by atoms with van der Waals surface area (Å²) in [6.45, 7) is -3.65. The summed E-state index contributed by atoms with van der Waals surface area (Å²) in [5, 5.41) is 0. The summed E-state index contributed by atoms with van der Waals surface area (Å²) in [5.74, 6) is -2.74. The van der Waals surface area contributed by atoms with Gasteiger partial charge in [-0.2, -0.15) is 26.3 Å². The van der Waals surface area contributed by atoms with Crippen molar-refractivity contribution >= 4 is 11.9 Å². The molecule has 0 saturated heterocycles. The molecule has 1 aromatic rings. The third-order valence-electron chi connectivity index (χ3n) is 2.07. The van der Waals surface area contributed by atoms with Crippen LogP contribution >= 0.6 is 0 Å². The van der Waals surface area contributed by atoms with E-state index in [9.17, 15) is 35.9 Å². The van der Waals surface area contributed by atoms with Crippen molar-refractivity contribution in [3.05, 3.63) is 35.4 Å². The fourth-order valence-corrected chi connectivity index (χ4v) is 1.23. The number of carbonyl (C=O) groups is 2. The van der Waals surface area contributed by atoms with Crippen LogP contribution in [0.4, 0.5) is 26.3 Å². The predicted molar refractivity (Wildman–Crippen MR) is 59.1 cm³/mol. The Balaban J connectivity index is 2.73. The molecule has 0 atom stereocenters. The summed E-state index contributed by atoms with van der Waals surface area (Å²) in [5.41, 5.74) is -0.851. The molecule has 1 rings (SSSR count). The van der Waals surface area contributed by atoms with Gasteiger partial charge in [0.05, 0.1) is 11.1 Å². The first-order valence-electron chi connectivity index (χ1n) is 5.56. The Bertz CT molecular complexity index is 504. The number of halogens is 6. The third kappa shape index (κ3) is 6.46. The zero-order valence-corrected chi connectivity index (χ0v) is 10.6. The second-order valence-electron chi connectivity index (χ2n) is 3.96. The summed E-state index contributed by atoms with van der Waals surface area (Å²) < 4.78 is 79.3. The van der Waals surface area contributed by atoms with Crippen LogP contribution in [0.3, 0.4) is 0 Å². The molecular weight excluding hydrogens is 322 g/mol. The fourth-order valence-electron chi connectivity index (χ4n) is 1.23. The number of alkyl halides is 6. The van der Waals surface area contributed by atoms with Crippen molar-refractivity contribution < 1.29 is 45.4 Å². The lowest BCUT2D eigenvalue weighted by atomic mass is 10.1. The average Bonchev–Trinajstić information content (AvgIpc) is 2.40. The van der Waals surface area contributed by atoms with Crippen molar-refractivity contribution in [2.75, 3.05) is 13.2 Å². The molecule has 0 amide bonds. The Morgan fingerprint density at radius 2 is 1.18 bits per heavy atom. The standard InChI is InChI=1S/C12H8F6O4/c13-11(14,15)5-21-9(19)7-2-1-3-8(4-7)10(20)22-6-12(16,17)18/h1-4H,5-6H2. The number of rotatable bonds is 4. The number of ether oxygens (including phenoxy) is 2. The van der Waals surface area contributed by atoms with E-state index in [0.29, 0.717) is 0 Å². The first-order chi connectivity index (χ1) is 9.98. The van der Waals surface area contributed by atoms with E-state index in [1.165, 1.54) is 0 Å². The molecule has 0 N–H and O–H groups in total. The van der Waals surface area contributed by atoms with E-state index in [1.54, 1.807) is 0 Å². The van der Waals surface area contributed by atoms with Gasteiger partial charge in [0.15, 0.2) is 13.2 Å². The zero-order valence-electron chi connectivity index (χ0n) is 10.6. The highest BCUT2D eigenvalue weighted by Gasteiger charge is 2.31. The van der Waals surface area contributed by atoms with Gasteiger partial charge >= 0.3 is 24.3 Å². The third-order valence-corrected chi connectivity index (χ3v) is 2.07. The maximum absolute atomic E-state index is 11.9. The maximum atomic E-state index is 11.9. The first-order valence-corrected chi connectivity index (χ1v) is 5.56. The van der Waals surface area contributed by atoms with Gasteiger partial charge < -0.3 is 9.47 Å². The molecule has 0 unspecified atom stereocenters. The van der Waals surface area contributed by atoms with Crippen LogP contribution in [-0.4, -0.2) is 37.5 Å². The quantitative estimate of drug-likeness (QED) is 0.629. The van der Waals surface area contributed by atoms with Crippen molar-refractivity contribution in [3.8, 4) is 0 Å². The van der Waals surface area contributed by atoms with Gasteiger partial charge in [-0.1, -0.05) is 6.07 Å². The van der Waals surface area contributed by atoms with Crippen LogP contribution in [0.5, 0.6) is 0 Å². The molecule has 0 radical (unpaired) electrons. The first kappa shape index (κ1) is 17.8. The van der Waals surface area contributed by atoms with Crippen molar-refractivity contribution in [1.29, 1.82) is 0 Å². The average molecular weight is 330 g/mol. The molecule has 122 valence electrons. The number of carbonyl (C=O) groups excluding carboxylic acids is 2. The molecule has 4 nitrogen and oxygen atoms in total. The number of hydrogen-bond acceptors (Lipinski definition) is 4. The molecule has 0 fully saturated rings. The predicted octanol–water partition coefficient (Wildman–Crippen LogP) is 3.12. The van der Waals surface area contributed by atoms with E-state index >= 15 is 0 Å². The highest BCUT2D eigenvalue weighted by atomic mass is 19.4. The van der Waals surface area contributed by atoms with Gasteiger partial charge in [0.25, 0.3) is 0 Å². The monoisotopic (exact) mass is 330 g/mol. The molecule has 0 aromatic heterocycles. The second kappa shape index (κ2) is 6.67. The Morgan fingerprint density at radius 3 is 1.50 bits per heavy atom. The molecule has 0 aliphatic heterocycles. The van der Waals surface area contributed by atoms with Gasteiger partial charge in [-0.05, 0) is 18.2 Å². The molecule has 0 spiro atoms. The topological polar surface area (TPSA) is 52.6 Å². The van der Waals surface area contributed by atoms with Gasteiger partial charge in [0.2, 0.25) is 0 Å². The Labute approximate surface area is 119 Å². The van der Waals surface area contributed by atoms with E-state index in [-0.39, 0.29) is 0 Å². The maximum Gasteiger partial charge on any atom is 0.422 e. The van der Waals surface area contributed by atoms with Gasteiger partial charge in [-0.25, -0.2) is 9.59 Å². The van der Waals surface area contributed by atoms with Crippen LogP contribution in [-0.2, 0) is 9.47 Å². The molecule has 10 heteroatoms. The molecule has 0 aliphatic carbocycles. The van der Waals surface area contributed by atoms with E-state index in [4.69, 9.17) is 0 Å². The SMILES string of the molecule is O=C(OCC(F)(F)F)c1cccc(C(=O)OCC(F)(F)F)c1. The largest absolute Gasteiger partial charge is 0.452 e. The van der Waals surface area contributed by atoms with Crippen molar-refractivity contribution in [2.24, 2.45) is 0 Å². The minimum atomic E-state index is -4.72. The molecule has 22 heavy (non-hydrogen) atoms. The smallest absolute Gasteiger partial charge is 0.422 e. The Kier molecular flexibility index (Phi) is 5.39. The molecular formula is C12H8F6O4. The number of hydrogen-bond donors (Lipinski definition) is 0. The van der Waals surface area contributed by atoms with Crippen molar-refractivity contribution in [1.82, 2.24) is 0 Å². The lowest BCUT2D eigenvalue weighted by Crippen LogP contribution is -2.21. The van der Waals surface area contributed by atoms with E-state index < -0.39 is 48.6 Å². The summed E-state index contributed by atoms with van der Waals surface area (Å²) in [7, 11) is 0. The highest BCUT2D eigenvalue weighted by Crippen LogP contribution is 2.18. The Hall–Kier alpha value is -2.26. The van der Waals surface area contributed by atoms with Crippen molar-refractivity contribution in [3.63, 3.8) is 0 Å². The summed E-state index contributed by atoms with van der Waals surface area (Å²) in [6, 6.07) is 3.95. The van der Waals surface area contributed by atoms with Crippen LogP contribution in [0.1, 0.15) is 20.7 Å². The Morgan fingerprint density at radius 1 is 0.818 bits per heavy atom. The van der Waals surface area contributed by atoms with Crippen LogP contribution in [0.25, 0.3) is 0 Å². The highest BCUT2D eigenvalue weighted by molar-refractivity contribution is 5.95. The second-order valence-corrected chi connectivity index (χ2v) is 3.96. The normalized spacial score (nSPS) is 11.9. The molecule has 0 aliphatic rings. The molecule has 1 aromatic carbocycles. The van der Waals surface area contributed by atoms with Gasteiger partial charge in [-0.3, -0.25) is 0 Å². The lowest BCUT2D eigenvalue weighted by molar-refractivity contribution is -0.161. The minimum absolute atomic E-state index is 0.425. The lowest BCUT2D eigenvalue weighted by Gasteiger charge is -2.09. The summed E-state index contributed by atoms with van der Waals surface area (Å²) in [4.78, 5) is 22.7. The summed E-state index contributed by atoms with van der Waals surface area (Å²) >= 11 is 0. The van der Waals surface area contributed by atoms with Crippen LogP contribution in [0.2, 0.25) is 0 Å². The molecule has 0 saturated carbocycles. The van der Waals surface area contributed by atoms with Gasteiger partial charge in [0, 0.05) is 0 Å². The van der Waals surface area contributed by atoms with Crippen molar-refractivity contribution in [2.45, 2.75) is 12.4 Å². The minimum Gasteiger partial charge on any atom is -0.452 e. The van der Waals surface area contributed by atoms with Crippen LogP contribution in [0, 0.1) is 0 Å². The molecule has 0 bridgehead atoms. The fraction of sp³-hybridized carbons (Fsp3) is 0.333. The summed E-state index contributed by atoms with van der Waals surface area (Å²) in [6.07, 6.45) is -9.45. The number of benzene rings is 1. The number of esters is 2. The van der Waals surface area contributed by atoms with Crippen LogP contribution in [0.15, 0.2) is 24.3 Å². The zero-order chi connectivity index (χ0) is 17.0. The van der Waals surface area contributed by atoms with E-state index in [0.717, 1.165) is 24.3 Å². The van der Waals surface area contributed by atoms with E-state index in [2.05, 4.69) is 9.47 Å². The van der Waals surface area contributed by atoms with Gasteiger partial charge in [-0.15, -0.1) is 0 Å².